The molecular formula is C14H16F3N6O5+. The zero-order valence-corrected chi connectivity index (χ0v) is 14.4. The lowest BCUT2D eigenvalue weighted by molar-refractivity contribution is -0.753. The van der Waals surface area contributed by atoms with Crippen LogP contribution in [0, 0.1) is 0 Å². The van der Waals surface area contributed by atoms with E-state index in [1.807, 2.05) is 0 Å². The first-order valence-corrected chi connectivity index (χ1v) is 7.49. The second-order valence-corrected chi connectivity index (χ2v) is 5.14. The van der Waals surface area contributed by atoms with E-state index in [0.717, 1.165) is 0 Å². The van der Waals surface area contributed by atoms with Crippen molar-refractivity contribution in [1.29, 1.82) is 0 Å². The van der Waals surface area contributed by atoms with Gasteiger partial charge in [-0.15, -0.1) is 0 Å². The van der Waals surface area contributed by atoms with Gasteiger partial charge < -0.3 is 15.5 Å². The Kier molecular flexibility index (Phi) is 7.97. The molecule has 0 aliphatic carbocycles. The van der Waals surface area contributed by atoms with Crippen molar-refractivity contribution < 1.29 is 42.4 Å². The van der Waals surface area contributed by atoms with Crippen molar-refractivity contribution in [2.75, 3.05) is 0 Å². The van der Waals surface area contributed by atoms with Crippen molar-refractivity contribution in [3.63, 3.8) is 0 Å². The number of carboxylic acids is 2. The van der Waals surface area contributed by atoms with Crippen LogP contribution in [0.15, 0.2) is 24.8 Å². The summed E-state index contributed by atoms with van der Waals surface area (Å²) in [6.45, 7) is 0.489. The minimum absolute atomic E-state index is 0.0193. The number of hydrogen-bond donors (Lipinski definition) is 3. The number of amides is 1. The Morgan fingerprint density at radius 1 is 1.29 bits per heavy atom. The lowest BCUT2D eigenvalue weighted by Gasteiger charge is -2.01. The summed E-state index contributed by atoms with van der Waals surface area (Å²) < 4.78 is 34.8. The zero-order valence-electron chi connectivity index (χ0n) is 14.4. The van der Waals surface area contributed by atoms with Crippen molar-refractivity contribution >= 4 is 17.8 Å². The van der Waals surface area contributed by atoms with Crippen LogP contribution in [0.25, 0.3) is 0 Å². The molecule has 152 valence electrons. The van der Waals surface area contributed by atoms with E-state index in [1.54, 1.807) is 30.3 Å². The van der Waals surface area contributed by atoms with Crippen LogP contribution in [0.5, 0.6) is 0 Å². The molecule has 0 unspecified atom stereocenters. The fraction of sp³-hybridized carbons (Fsp3) is 0.357. The number of alkyl halides is 3. The van der Waals surface area contributed by atoms with Crippen molar-refractivity contribution in [3.05, 3.63) is 36.2 Å². The van der Waals surface area contributed by atoms with E-state index in [-0.39, 0.29) is 25.4 Å². The molecule has 0 aliphatic rings. The molecule has 0 saturated carbocycles. The fourth-order valence-electron chi connectivity index (χ4n) is 1.59. The summed E-state index contributed by atoms with van der Waals surface area (Å²) in [5, 5.41) is 26.4. The van der Waals surface area contributed by atoms with Crippen LogP contribution in [-0.4, -0.2) is 54.1 Å². The van der Waals surface area contributed by atoms with Crippen LogP contribution < -0.4 is 10.00 Å². The molecule has 11 nitrogen and oxygen atoms in total. The van der Waals surface area contributed by atoms with Crippen LogP contribution >= 0.6 is 0 Å². The average Bonchev–Trinajstić information content (AvgIpc) is 3.03. The summed E-state index contributed by atoms with van der Waals surface area (Å²) in [5.74, 6) is -3.42. The minimum atomic E-state index is -5.08. The Hall–Kier alpha value is -3.58. The van der Waals surface area contributed by atoms with Gasteiger partial charge in [0.05, 0.1) is 12.1 Å². The van der Waals surface area contributed by atoms with Gasteiger partial charge in [-0.2, -0.15) is 18.3 Å². The number of nitrogens with zero attached hydrogens (tertiary/aromatic N) is 5. The van der Waals surface area contributed by atoms with E-state index in [0.29, 0.717) is 11.4 Å². The van der Waals surface area contributed by atoms with Gasteiger partial charge in [-0.25, -0.2) is 9.78 Å². The number of aliphatic carboxylic acids is 2. The molecular weight excluding hydrogens is 389 g/mol. The molecule has 0 aromatic carbocycles. The highest BCUT2D eigenvalue weighted by Crippen LogP contribution is 2.13. The Balaban J connectivity index is 0.000000480. The molecule has 0 saturated heterocycles. The first-order valence-electron chi connectivity index (χ1n) is 7.49. The average molecular weight is 405 g/mol. The Morgan fingerprint density at radius 2 is 1.93 bits per heavy atom. The van der Waals surface area contributed by atoms with Gasteiger partial charge in [-0.05, 0) is 5.10 Å². The number of nitrogens with one attached hydrogen (secondary N) is 1. The van der Waals surface area contributed by atoms with Crippen LogP contribution in [0.3, 0.4) is 0 Å². The maximum absolute atomic E-state index is 11.9. The predicted molar refractivity (Wildman–Crippen MR) is 82.5 cm³/mol. The summed E-state index contributed by atoms with van der Waals surface area (Å²) >= 11 is 0. The minimum Gasteiger partial charge on any atom is -0.481 e. The third-order valence-corrected chi connectivity index (χ3v) is 2.88. The van der Waals surface area contributed by atoms with Gasteiger partial charge >= 0.3 is 18.1 Å². The first-order chi connectivity index (χ1) is 13.0. The van der Waals surface area contributed by atoms with E-state index < -0.39 is 18.1 Å². The molecule has 0 bridgehead atoms. The van der Waals surface area contributed by atoms with Crippen LogP contribution in [0.4, 0.5) is 13.2 Å². The fourth-order valence-corrected chi connectivity index (χ4v) is 1.59. The number of carbonyl (C=O) groups excluding carboxylic acids is 1. The van der Waals surface area contributed by atoms with E-state index in [1.165, 1.54) is 10.9 Å². The molecule has 0 fully saturated rings. The van der Waals surface area contributed by atoms with Gasteiger partial charge in [0.2, 0.25) is 0 Å². The van der Waals surface area contributed by atoms with E-state index in [2.05, 4.69) is 20.5 Å². The Labute approximate surface area is 155 Å². The molecule has 2 heterocycles. The molecule has 2 rings (SSSR count). The summed E-state index contributed by atoms with van der Waals surface area (Å²) in [6.07, 6.45) is -0.592. The summed E-state index contributed by atoms with van der Waals surface area (Å²) in [6, 6.07) is 1.58. The molecule has 2 aromatic rings. The third kappa shape index (κ3) is 8.20. The summed E-state index contributed by atoms with van der Waals surface area (Å²) in [5.41, 5.74) is 0.387. The molecule has 0 spiro atoms. The quantitative estimate of drug-likeness (QED) is 0.546. The zero-order chi connectivity index (χ0) is 21.3. The van der Waals surface area contributed by atoms with Crippen LogP contribution in [-0.2, 0) is 29.7 Å². The lowest BCUT2D eigenvalue weighted by Crippen LogP contribution is -2.39. The molecule has 2 aromatic heterocycles. The maximum Gasteiger partial charge on any atom is 0.490 e. The number of carbonyl (C=O) groups is 3. The molecule has 0 aliphatic heterocycles. The Morgan fingerprint density at radius 3 is 2.36 bits per heavy atom. The van der Waals surface area contributed by atoms with Gasteiger partial charge in [0.15, 0.2) is 18.6 Å². The number of carboxylic acid groups (broad SMARTS) is 2. The maximum atomic E-state index is 11.9. The largest absolute Gasteiger partial charge is 0.490 e. The summed E-state index contributed by atoms with van der Waals surface area (Å²) in [4.78, 5) is 35.2. The van der Waals surface area contributed by atoms with Gasteiger partial charge in [-0.3, -0.25) is 14.3 Å². The van der Waals surface area contributed by atoms with Crippen molar-refractivity contribution in [3.8, 4) is 0 Å². The highest BCUT2D eigenvalue weighted by molar-refractivity contribution is 5.93. The number of aromatic nitrogens is 5. The third-order valence-electron chi connectivity index (χ3n) is 2.88. The predicted octanol–water partition coefficient (Wildman–Crippen LogP) is -0.464. The van der Waals surface area contributed by atoms with Gasteiger partial charge in [0.25, 0.3) is 5.91 Å². The molecule has 3 N–H and O–H groups in total. The van der Waals surface area contributed by atoms with Gasteiger partial charge in [0.1, 0.15) is 18.9 Å². The second kappa shape index (κ2) is 9.94. The monoisotopic (exact) mass is 405 g/mol. The van der Waals surface area contributed by atoms with Crippen molar-refractivity contribution in [2.45, 2.75) is 25.7 Å². The van der Waals surface area contributed by atoms with Gasteiger partial charge in [0, 0.05) is 13.1 Å². The van der Waals surface area contributed by atoms with Crippen LogP contribution in [0.1, 0.15) is 22.6 Å². The number of hydrogen-bond acceptors (Lipinski definition) is 6. The second-order valence-electron chi connectivity index (χ2n) is 5.14. The van der Waals surface area contributed by atoms with Gasteiger partial charge in [-0.1, -0.05) is 4.68 Å². The number of halogens is 3. The smallest absolute Gasteiger partial charge is 0.481 e. The molecule has 1 amide bonds. The highest BCUT2D eigenvalue weighted by Gasteiger charge is 2.38. The van der Waals surface area contributed by atoms with E-state index in [9.17, 15) is 22.8 Å². The Bertz CT molecular complexity index is 822. The van der Waals surface area contributed by atoms with Crippen molar-refractivity contribution in [2.24, 2.45) is 7.05 Å². The molecule has 0 radical (unpaired) electrons. The highest BCUT2D eigenvalue weighted by atomic mass is 19.4. The van der Waals surface area contributed by atoms with Crippen LogP contribution in [0.2, 0.25) is 0 Å². The first kappa shape index (κ1) is 22.5. The number of rotatable bonds is 6. The van der Waals surface area contributed by atoms with Crippen molar-refractivity contribution in [1.82, 2.24) is 25.2 Å². The molecule has 0 atom stereocenters. The SMILES string of the molecule is Cn1cnc(CNC(=O)c2cc[n+](CCC(=O)O)nc2)n1.O=C(O)C(F)(F)F. The summed E-state index contributed by atoms with van der Waals surface area (Å²) in [7, 11) is 1.75. The van der Waals surface area contributed by atoms with E-state index in [4.69, 9.17) is 15.0 Å². The molecule has 14 heteroatoms. The standard InChI is InChI=1S/C12H14N6O3.C2HF3O2/c1-17-8-14-10(16-17)7-13-12(21)9-2-4-18(15-6-9)5-3-11(19)20;3-2(4,5)1(6)7/h2,4,6,8H,3,5,7H2,1H3,(H-,13,19,20,21);(H,6,7)/p+1. The molecule has 28 heavy (non-hydrogen) atoms. The lowest BCUT2D eigenvalue weighted by atomic mass is 10.3. The topological polar surface area (TPSA) is 151 Å². The van der Waals surface area contributed by atoms with E-state index >= 15 is 0 Å². The number of aryl methyl sites for hydroxylation is 2. The normalized spacial score (nSPS) is 10.6.